The minimum Gasteiger partial charge on any atom is -0.323 e. The summed E-state index contributed by atoms with van der Waals surface area (Å²) in [6.45, 7) is 9.08. The topological polar surface area (TPSA) is 17.1 Å². The van der Waals surface area contributed by atoms with Crippen molar-refractivity contribution < 1.29 is 4.57 Å². The Bertz CT molecular complexity index is 484. The van der Waals surface area contributed by atoms with Crippen LogP contribution in [0.3, 0.4) is 0 Å². The van der Waals surface area contributed by atoms with E-state index in [-0.39, 0.29) is 5.16 Å². The molecule has 21 heavy (non-hydrogen) atoms. The van der Waals surface area contributed by atoms with E-state index in [4.69, 9.17) is 0 Å². The molecule has 0 spiro atoms. The van der Waals surface area contributed by atoms with Gasteiger partial charge in [0.15, 0.2) is 0 Å². The summed E-state index contributed by atoms with van der Waals surface area (Å²) in [5.41, 5.74) is 1.25. The second-order valence-electron chi connectivity index (χ2n) is 7.29. The first-order chi connectivity index (χ1) is 9.93. The van der Waals surface area contributed by atoms with Crippen molar-refractivity contribution in [2.45, 2.75) is 64.7 Å². The third-order valence-electron chi connectivity index (χ3n) is 5.82. The first kappa shape index (κ1) is 16.8. The zero-order valence-electron chi connectivity index (χ0n) is 14.1. The van der Waals surface area contributed by atoms with Gasteiger partial charge in [0.05, 0.1) is 7.14 Å². The van der Waals surface area contributed by atoms with Crippen LogP contribution in [-0.4, -0.2) is 11.3 Å². The summed E-state index contributed by atoms with van der Waals surface area (Å²) in [5.74, 6) is 1.32. The SMILES string of the molecule is CCP(=O)(Cc1ccccc1)C1(C(C)C)CCC(C)CC1. The second kappa shape index (κ2) is 6.69. The van der Waals surface area contributed by atoms with E-state index >= 15 is 0 Å². The van der Waals surface area contributed by atoms with E-state index in [1.54, 1.807) is 0 Å². The summed E-state index contributed by atoms with van der Waals surface area (Å²) in [6, 6.07) is 10.5. The van der Waals surface area contributed by atoms with E-state index in [9.17, 15) is 4.57 Å². The number of hydrogen-bond acceptors (Lipinski definition) is 1. The molecule has 0 N–H and O–H groups in total. The molecular formula is C19H31OP. The van der Waals surface area contributed by atoms with Crippen LogP contribution in [0.5, 0.6) is 0 Å². The van der Waals surface area contributed by atoms with Crippen molar-refractivity contribution in [3.05, 3.63) is 35.9 Å². The molecule has 1 unspecified atom stereocenters. The zero-order valence-corrected chi connectivity index (χ0v) is 15.0. The van der Waals surface area contributed by atoms with E-state index in [2.05, 4.69) is 52.0 Å². The van der Waals surface area contributed by atoms with Gasteiger partial charge in [0.1, 0.15) is 0 Å². The van der Waals surface area contributed by atoms with Gasteiger partial charge in [0.2, 0.25) is 0 Å². The van der Waals surface area contributed by atoms with Crippen LogP contribution in [-0.2, 0) is 10.7 Å². The summed E-state index contributed by atoms with van der Waals surface area (Å²) in [4.78, 5) is 0. The fourth-order valence-corrected chi connectivity index (χ4v) is 8.16. The number of benzene rings is 1. The lowest BCUT2D eigenvalue weighted by Gasteiger charge is -2.48. The molecule has 0 aromatic heterocycles. The molecule has 0 radical (unpaired) electrons. The quantitative estimate of drug-likeness (QED) is 0.594. The minimum atomic E-state index is -2.21. The number of hydrogen-bond donors (Lipinski definition) is 0. The van der Waals surface area contributed by atoms with Crippen LogP contribution in [0, 0.1) is 11.8 Å². The summed E-state index contributed by atoms with van der Waals surface area (Å²) < 4.78 is 14.0. The Morgan fingerprint density at radius 3 is 2.24 bits per heavy atom. The highest BCUT2D eigenvalue weighted by Gasteiger charge is 2.49. The molecule has 2 heteroatoms. The maximum atomic E-state index is 14.0. The molecule has 1 fully saturated rings. The predicted octanol–water partition coefficient (Wildman–Crippen LogP) is 6.17. The highest BCUT2D eigenvalue weighted by Crippen LogP contribution is 2.68. The van der Waals surface area contributed by atoms with Crippen LogP contribution < -0.4 is 0 Å². The molecule has 0 bridgehead atoms. The van der Waals surface area contributed by atoms with Crippen LogP contribution in [0.15, 0.2) is 30.3 Å². The van der Waals surface area contributed by atoms with Gasteiger partial charge in [0.25, 0.3) is 0 Å². The predicted molar refractivity (Wildman–Crippen MR) is 93.5 cm³/mol. The summed E-state index contributed by atoms with van der Waals surface area (Å²) in [5, 5.41) is 0.0735. The van der Waals surface area contributed by atoms with Gasteiger partial charge < -0.3 is 4.57 Å². The van der Waals surface area contributed by atoms with Crippen molar-refractivity contribution in [3.63, 3.8) is 0 Å². The normalized spacial score (nSPS) is 29.3. The first-order valence-electron chi connectivity index (χ1n) is 8.55. The molecule has 1 saturated carbocycles. The molecule has 0 aliphatic heterocycles. The average molecular weight is 306 g/mol. The molecule has 1 aromatic carbocycles. The van der Waals surface area contributed by atoms with Gasteiger partial charge in [-0.05, 0) is 49.2 Å². The molecule has 1 nitrogen and oxygen atoms in total. The number of rotatable bonds is 5. The fraction of sp³-hybridized carbons (Fsp3) is 0.684. The Morgan fingerprint density at radius 2 is 1.76 bits per heavy atom. The van der Waals surface area contributed by atoms with Gasteiger partial charge >= 0.3 is 0 Å². The van der Waals surface area contributed by atoms with Gasteiger partial charge in [-0.2, -0.15) is 0 Å². The summed E-state index contributed by atoms with van der Waals surface area (Å²) >= 11 is 0. The van der Waals surface area contributed by atoms with Crippen LogP contribution >= 0.6 is 7.14 Å². The van der Waals surface area contributed by atoms with Gasteiger partial charge in [0, 0.05) is 11.3 Å². The van der Waals surface area contributed by atoms with Crippen molar-refractivity contribution in [1.29, 1.82) is 0 Å². The van der Waals surface area contributed by atoms with E-state index in [1.807, 2.05) is 6.07 Å². The van der Waals surface area contributed by atoms with Gasteiger partial charge in [-0.3, -0.25) is 0 Å². The Balaban J connectivity index is 2.33. The molecule has 1 aromatic rings. The summed E-state index contributed by atoms with van der Waals surface area (Å²) in [7, 11) is -2.21. The molecule has 0 amide bonds. The fourth-order valence-electron chi connectivity index (χ4n) is 4.18. The Morgan fingerprint density at radius 1 is 1.19 bits per heavy atom. The van der Waals surface area contributed by atoms with E-state index in [0.717, 1.165) is 31.1 Å². The van der Waals surface area contributed by atoms with Crippen molar-refractivity contribution in [2.75, 3.05) is 6.16 Å². The van der Waals surface area contributed by atoms with Gasteiger partial charge in [-0.15, -0.1) is 0 Å². The van der Waals surface area contributed by atoms with E-state index < -0.39 is 7.14 Å². The van der Waals surface area contributed by atoms with Crippen LogP contribution in [0.25, 0.3) is 0 Å². The van der Waals surface area contributed by atoms with Crippen molar-refractivity contribution >= 4 is 7.14 Å². The van der Waals surface area contributed by atoms with Crippen LogP contribution in [0.1, 0.15) is 58.9 Å². The minimum absolute atomic E-state index is 0.0735. The Kier molecular flexibility index (Phi) is 5.36. The van der Waals surface area contributed by atoms with Gasteiger partial charge in [-0.1, -0.05) is 58.0 Å². The highest BCUT2D eigenvalue weighted by molar-refractivity contribution is 7.64. The second-order valence-corrected chi connectivity index (χ2v) is 10.9. The standard InChI is InChI=1S/C19H31OP/c1-5-21(20,15-18-9-7-6-8-10-18)19(16(2)3)13-11-17(4)12-14-19/h6-10,16-17H,5,11-15H2,1-4H3. The van der Waals surface area contributed by atoms with Crippen molar-refractivity contribution in [2.24, 2.45) is 11.8 Å². The largest absolute Gasteiger partial charge is 0.323 e. The van der Waals surface area contributed by atoms with Crippen molar-refractivity contribution in [3.8, 4) is 0 Å². The zero-order chi connectivity index (χ0) is 15.5. The lowest BCUT2D eigenvalue weighted by molar-refractivity contribution is 0.252. The third-order valence-corrected chi connectivity index (χ3v) is 10.3. The van der Waals surface area contributed by atoms with Crippen LogP contribution in [0.4, 0.5) is 0 Å². The lowest BCUT2D eigenvalue weighted by Crippen LogP contribution is -2.40. The van der Waals surface area contributed by atoms with Crippen molar-refractivity contribution in [1.82, 2.24) is 0 Å². The van der Waals surface area contributed by atoms with E-state index in [0.29, 0.717) is 5.92 Å². The maximum Gasteiger partial charge on any atom is 0.0977 e. The summed E-state index contributed by atoms with van der Waals surface area (Å²) in [6.07, 6.45) is 6.44. The molecule has 1 atom stereocenters. The average Bonchev–Trinajstić information content (AvgIpc) is 2.48. The Hall–Kier alpha value is -0.550. The van der Waals surface area contributed by atoms with Crippen LogP contribution in [0.2, 0.25) is 0 Å². The smallest absolute Gasteiger partial charge is 0.0977 e. The molecular weight excluding hydrogens is 275 g/mol. The molecule has 118 valence electrons. The first-order valence-corrected chi connectivity index (χ1v) is 10.6. The monoisotopic (exact) mass is 306 g/mol. The molecule has 1 aliphatic rings. The Labute approximate surface area is 130 Å². The highest BCUT2D eigenvalue weighted by atomic mass is 31.2. The molecule has 0 saturated heterocycles. The molecule has 2 rings (SSSR count). The molecule has 0 heterocycles. The maximum absolute atomic E-state index is 14.0. The third kappa shape index (κ3) is 3.29. The molecule has 1 aliphatic carbocycles. The van der Waals surface area contributed by atoms with E-state index in [1.165, 1.54) is 18.4 Å². The van der Waals surface area contributed by atoms with Gasteiger partial charge in [-0.25, -0.2) is 0 Å². The lowest BCUT2D eigenvalue weighted by atomic mass is 9.76.